The number of carbonyl (C=O) groups is 1. The number of hydrogen-bond acceptors (Lipinski definition) is 2. The van der Waals surface area contributed by atoms with E-state index in [0.717, 1.165) is 16.8 Å². The normalized spacial score (nSPS) is 11.6. The minimum atomic E-state index is -4.19. The zero-order valence-corrected chi connectivity index (χ0v) is 13.0. The molecule has 0 radical (unpaired) electrons. The summed E-state index contributed by atoms with van der Waals surface area (Å²) in [7, 11) is 1.41. The maximum absolute atomic E-state index is 12.1. The average molecular weight is 317 g/mol. The first-order chi connectivity index (χ1) is 10.2. The van der Waals surface area contributed by atoms with Crippen LogP contribution in [0.3, 0.4) is 0 Å². The fourth-order valence-electron chi connectivity index (χ4n) is 1.97. The monoisotopic (exact) mass is 317 g/mol. The van der Waals surface area contributed by atoms with E-state index in [0.29, 0.717) is 13.0 Å². The van der Waals surface area contributed by atoms with Gasteiger partial charge in [0.25, 0.3) is 0 Å². The summed E-state index contributed by atoms with van der Waals surface area (Å²) < 4.78 is 36.4. The number of nitrogens with one attached hydrogen (secondary N) is 2. The maximum Gasteiger partial charge on any atom is 0.401 e. The molecule has 0 aliphatic rings. The fourth-order valence-corrected chi connectivity index (χ4v) is 1.97. The zero-order valence-electron chi connectivity index (χ0n) is 13.0. The fraction of sp³-hybridized carbons (Fsp3) is 0.533. The maximum atomic E-state index is 12.1. The second kappa shape index (κ2) is 8.03. The predicted molar refractivity (Wildman–Crippen MR) is 81.1 cm³/mol. The van der Waals surface area contributed by atoms with Gasteiger partial charge in [0.2, 0.25) is 0 Å². The van der Waals surface area contributed by atoms with E-state index in [4.69, 9.17) is 0 Å². The molecule has 0 aliphatic carbocycles. The van der Waals surface area contributed by atoms with Gasteiger partial charge in [-0.05, 0) is 51.1 Å². The number of nitrogens with zero attached hydrogens (tertiary/aromatic N) is 1. The quantitative estimate of drug-likeness (QED) is 0.791. The molecule has 0 aliphatic heterocycles. The van der Waals surface area contributed by atoms with Crippen molar-refractivity contribution < 1.29 is 18.0 Å². The Labute approximate surface area is 128 Å². The standard InChI is InChI=1S/C15H22F3N3O/c1-11-5-6-12(2)13(9-11)20-14(22)19-7-4-8-21(3)10-15(16,17)18/h5-6,9H,4,7-8,10H2,1-3H3,(H2,19,20,22). The molecule has 2 amide bonds. The molecule has 124 valence electrons. The number of carbonyl (C=O) groups excluding carboxylic acids is 1. The number of rotatable bonds is 6. The number of amides is 2. The van der Waals surface area contributed by atoms with Gasteiger partial charge in [-0.25, -0.2) is 4.79 Å². The van der Waals surface area contributed by atoms with Crippen LogP contribution in [-0.2, 0) is 0 Å². The van der Waals surface area contributed by atoms with Crippen LogP contribution in [0.1, 0.15) is 17.5 Å². The highest BCUT2D eigenvalue weighted by molar-refractivity contribution is 5.90. The lowest BCUT2D eigenvalue weighted by Crippen LogP contribution is -2.35. The molecule has 0 atom stereocenters. The van der Waals surface area contributed by atoms with Gasteiger partial charge in [-0.1, -0.05) is 12.1 Å². The van der Waals surface area contributed by atoms with Crippen molar-refractivity contribution in [1.82, 2.24) is 10.2 Å². The van der Waals surface area contributed by atoms with Crippen molar-refractivity contribution in [2.75, 3.05) is 32.0 Å². The molecule has 0 heterocycles. The van der Waals surface area contributed by atoms with E-state index in [1.165, 1.54) is 11.9 Å². The molecule has 1 rings (SSSR count). The van der Waals surface area contributed by atoms with Crippen molar-refractivity contribution in [2.45, 2.75) is 26.4 Å². The molecule has 0 saturated carbocycles. The predicted octanol–water partition coefficient (Wildman–Crippen LogP) is 3.31. The topological polar surface area (TPSA) is 44.4 Å². The van der Waals surface area contributed by atoms with E-state index in [9.17, 15) is 18.0 Å². The van der Waals surface area contributed by atoms with Crippen LogP contribution >= 0.6 is 0 Å². The second-order valence-electron chi connectivity index (χ2n) is 5.41. The average Bonchev–Trinajstić information content (AvgIpc) is 2.37. The highest BCUT2D eigenvalue weighted by Gasteiger charge is 2.28. The number of halogens is 3. The number of benzene rings is 1. The first-order valence-electron chi connectivity index (χ1n) is 7.05. The van der Waals surface area contributed by atoms with Crippen LogP contribution in [0.2, 0.25) is 0 Å². The van der Waals surface area contributed by atoms with Gasteiger partial charge in [0.1, 0.15) is 0 Å². The molecule has 0 unspecified atom stereocenters. The molecule has 4 nitrogen and oxygen atoms in total. The van der Waals surface area contributed by atoms with E-state index in [2.05, 4.69) is 10.6 Å². The van der Waals surface area contributed by atoms with Crippen LogP contribution in [0.5, 0.6) is 0 Å². The summed E-state index contributed by atoms with van der Waals surface area (Å²) in [5.41, 5.74) is 2.71. The Morgan fingerprint density at radius 1 is 1.27 bits per heavy atom. The van der Waals surface area contributed by atoms with Crippen LogP contribution in [0.15, 0.2) is 18.2 Å². The number of hydrogen-bond donors (Lipinski definition) is 2. The van der Waals surface area contributed by atoms with Crippen molar-refractivity contribution in [1.29, 1.82) is 0 Å². The van der Waals surface area contributed by atoms with Gasteiger partial charge in [-0.3, -0.25) is 4.90 Å². The summed E-state index contributed by atoms with van der Waals surface area (Å²) >= 11 is 0. The van der Waals surface area contributed by atoms with Crippen LogP contribution in [0.25, 0.3) is 0 Å². The molecule has 0 spiro atoms. The van der Waals surface area contributed by atoms with Gasteiger partial charge in [-0.2, -0.15) is 13.2 Å². The van der Waals surface area contributed by atoms with E-state index >= 15 is 0 Å². The Balaban J connectivity index is 2.28. The molecular weight excluding hydrogens is 295 g/mol. The third-order valence-electron chi connectivity index (χ3n) is 3.09. The van der Waals surface area contributed by atoms with E-state index < -0.39 is 12.7 Å². The Morgan fingerprint density at radius 3 is 2.59 bits per heavy atom. The Bertz CT molecular complexity index is 503. The third-order valence-corrected chi connectivity index (χ3v) is 3.09. The SMILES string of the molecule is Cc1ccc(C)c(NC(=O)NCCCN(C)CC(F)(F)F)c1. The summed E-state index contributed by atoms with van der Waals surface area (Å²) in [6.07, 6.45) is -3.74. The lowest BCUT2D eigenvalue weighted by Gasteiger charge is -2.18. The highest BCUT2D eigenvalue weighted by Crippen LogP contribution is 2.16. The molecule has 1 aromatic rings. The van der Waals surface area contributed by atoms with E-state index in [-0.39, 0.29) is 12.6 Å². The number of aryl methyl sites for hydroxylation is 2. The summed E-state index contributed by atoms with van der Waals surface area (Å²) in [6.45, 7) is 3.46. The Morgan fingerprint density at radius 2 is 1.95 bits per heavy atom. The van der Waals surface area contributed by atoms with Gasteiger partial charge in [0.15, 0.2) is 0 Å². The summed E-state index contributed by atoms with van der Waals surface area (Å²) in [4.78, 5) is 12.9. The summed E-state index contributed by atoms with van der Waals surface area (Å²) in [5, 5.41) is 5.37. The van der Waals surface area contributed by atoms with Gasteiger partial charge in [-0.15, -0.1) is 0 Å². The van der Waals surface area contributed by atoms with Crippen LogP contribution in [0, 0.1) is 13.8 Å². The molecule has 7 heteroatoms. The van der Waals surface area contributed by atoms with Gasteiger partial charge >= 0.3 is 12.2 Å². The lowest BCUT2D eigenvalue weighted by atomic mass is 10.1. The first-order valence-corrected chi connectivity index (χ1v) is 7.05. The molecule has 1 aromatic carbocycles. The van der Waals surface area contributed by atoms with Crippen LogP contribution < -0.4 is 10.6 Å². The van der Waals surface area contributed by atoms with Crippen molar-refractivity contribution in [3.05, 3.63) is 29.3 Å². The Hall–Kier alpha value is -1.76. The minimum absolute atomic E-state index is 0.267. The summed E-state index contributed by atoms with van der Waals surface area (Å²) in [5.74, 6) is 0. The molecular formula is C15H22F3N3O. The number of anilines is 1. The molecule has 0 saturated heterocycles. The van der Waals surface area contributed by atoms with Crippen molar-refractivity contribution in [3.8, 4) is 0 Å². The van der Waals surface area contributed by atoms with Crippen LogP contribution in [-0.4, -0.2) is 43.8 Å². The van der Waals surface area contributed by atoms with E-state index in [1.54, 1.807) is 0 Å². The van der Waals surface area contributed by atoms with Gasteiger partial charge in [0, 0.05) is 12.2 Å². The van der Waals surface area contributed by atoms with Crippen molar-refractivity contribution >= 4 is 11.7 Å². The molecule has 22 heavy (non-hydrogen) atoms. The zero-order chi connectivity index (χ0) is 16.8. The minimum Gasteiger partial charge on any atom is -0.338 e. The smallest absolute Gasteiger partial charge is 0.338 e. The molecule has 2 N–H and O–H groups in total. The molecule has 0 bridgehead atoms. The third kappa shape index (κ3) is 7.31. The number of alkyl halides is 3. The number of urea groups is 1. The van der Waals surface area contributed by atoms with Crippen LogP contribution in [0.4, 0.5) is 23.7 Å². The summed E-state index contributed by atoms with van der Waals surface area (Å²) in [6, 6.07) is 5.38. The van der Waals surface area contributed by atoms with Gasteiger partial charge < -0.3 is 10.6 Å². The van der Waals surface area contributed by atoms with Crippen molar-refractivity contribution in [2.24, 2.45) is 0 Å². The Kier molecular flexibility index (Phi) is 6.67. The molecule has 0 fully saturated rings. The second-order valence-corrected chi connectivity index (χ2v) is 5.41. The highest BCUT2D eigenvalue weighted by atomic mass is 19.4. The lowest BCUT2D eigenvalue weighted by molar-refractivity contribution is -0.143. The van der Waals surface area contributed by atoms with Crippen molar-refractivity contribution in [3.63, 3.8) is 0 Å². The van der Waals surface area contributed by atoms with E-state index in [1.807, 2.05) is 32.0 Å². The molecule has 0 aromatic heterocycles. The van der Waals surface area contributed by atoms with Gasteiger partial charge in [0.05, 0.1) is 6.54 Å². The first kappa shape index (κ1) is 18.3. The largest absolute Gasteiger partial charge is 0.401 e.